The molecule has 3 aromatic rings. The summed E-state index contributed by atoms with van der Waals surface area (Å²) in [7, 11) is 0. The summed E-state index contributed by atoms with van der Waals surface area (Å²) in [6.07, 6.45) is 8.51. The van der Waals surface area contributed by atoms with Crippen molar-refractivity contribution in [3.63, 3.8) is 0 Å². The van der Waals surface area contributed by atoms with Gasteiger partial charge in [0.1, 0.15) is 18.1 Å². The van der Waals surface area contributed by atoms with Crippen molar-refractivity contribution in [3.8, 4) is 5.75 Å². The number of carbonyl (C=O) groups is 1. The maximum absolute atomic E-state index is 13.4. The molecule has 1 aromatic heterocycles. The van der Waals surface area contributed by atoms with Crippen molar-refractivity contribution in [2.75, 3.05) is 5.32 Å². The molecule has 3 aliphatic rings. The van der Waals surface area contributed by atoms with E-state index in [-0.39, 0.29) is 30.1 Å². The highest BCUT2D eigenvalue weighted by Crippen LogP contribution is 2.49. The lowest BCUT2D eigenvalue weighted by Gasteiger charge is -2.21. The fraction of sp³-hybridized carbons (Fsp3) is 0.438. The van der Waals surface area contributed by atoms with Gasteiger partial charge in [-0.25, -0.2) is 9.59 Å². The number of ether oxygens (including phenoxy) is 1. The van der Waals surface area contributed by atoms with Gasteiger partial charge in [-0.1, -0.05) is 68.1 Å². The summed E-state index contributed by atoms with van der Waals surface area (Å²) in [5, 5.41) is 14.0. The van der Waals surface area contributed by atoms with Crippen LogP contribution in [0.1, 0.15) is 85.7 Å². The number of hydrogen-bond acceptors (Lipinski definition) is 5. The van der Waals surface area contributed by atoms with Crippen molar-refractivity contribution in [1.82, 2.24) is 0 Å². The Morgan fingerprint density at radius 1 is 0.947 bits per heavy atom. The fourth-order valence-corrected chi connectivity index (χ4v) is 5.63. The fourth-order valence-electron chi connectivity index (χ4n) is 5.63. The SMILES string of the molecule is O=C(Nc1cccc(C(c2c(O)cc(C(CC3CC3)CC3CC3)oc2=O)C2CC2)c1)OCc1ccccc1. The summed E-state index contributed by atoms with van der Waals surface area (Å²) in [6.45, 7) is 0.181. The minimum atomic E-state index is -0.543. The van der Waals surface area contributed by atoms with Gasteiger partial charge in [0.15, 0.2) is 0 Å². The highest BCUT2D eigenvalue weighted by atomic mass is 16.5. The molecule has 3 saturated carbocycles. The normalized spacial score (nSPS) is 17.8. The molecule has 6 heteroatoms. The van der Waals surface area contributed by atoms with Crippen LogP contribution in [-0.2, 0) is 11.3 Å². The van der Waals surface area contributed by atoms with Gasteiger partial charge in [-0.15, -0.1) is 0 Å². The number of amides is 1. The third kappa shape index (κ3) is 6.12. The molecular weight excluding hydrogens is 478 g/mol. The van der Waals surface area contributed by atoms with E-state index in [1.165, 1.54) is 25.7 Å². The molecular formula is C32H35NO5. The average Bonchev–Trinajstić information content (AvgIpc) is 3.74. The molecule has 38 heavy (non-hydrogen) atoms. The van der Waals surface area contributed by atoms with E-state index in [0.29, 0.717) is 17.0 Å². The first-order valence-corrected chi connectivity index (χ1v) is 14.0. The summed E-state index contributed by atoms with van der Waals surface area (Å²) >= 11 is 0. The summed E-state index contributed by atoms with van der Waals surface area (Å²) in [6, 6.07) is 18.7. The van der Waals surface area contributed by atoms with E-state index in [1.54, 1.807) is 12.1 Å². The Morgan fingerprint density at radius 2 is 1.66 bits per heavy atom. The van der Waals surface area contributed by atoms with Gasteiger partial charge in [-0.2, -0.15) is 0 Å². The van der Waals surface area contributed by atoms with E-state index in [1.807, 2.05) is 48.5 Å². The number of nitrogens with one attached hydrogen (secondary N) is 1. The summed E-state index contributed by atoms with van der Waals surface area (Å²) in [5.74, 6) is 2.29. The van der Waals surface area contributed by atoms with Gasteiger partial charge in [-0.05, 0) is 66.7 Å². The van der Waals surface area contributed by atoms with Crippen LogP contribution in [0.3, 0.4) is 0 Å². The Morgan fingerprint density at radius 3 is 2.29 bits per heavy atom. The second-order valence-electron chi connectivity index (χ2n) is 11.4. The number of carbonyl (C=O) groups excluding carboxylic acids is 1. The van der Waals surface area contributed by atoms with Gasteiger partial charge in [0.2, 0.25) is 0 Å². The van der Waals surface area contributed by atoms with E-state index >= 15 is 0 Å². The molecule has 1 atom stereocenters. The summed E-state index contributed by atoms with van der Waals surface area (Å²) in [5.41, 5.74) is 2.26. The quantitative estimate of drug-likeness (QED) is 0.280. The van der Waals surface area contributed by atoms with Gasteiger partial charge < -0.3 is 14.3 Å². The molecule has 3 fully saturated rings. The second kappa shape index (κ2) is 10.7. The Hall–Kier alpha value is -3.54. The van der Waals surface area contributed by atoms with Crippen LogP contribution in [0.5, 0.6) is 5.75 Å². The van der Waals surface area contributed by atoms with Crippen LogP contribution in [0.25, 0.3) is 0 Å². The maximum atomic E-state index is 13.4. The molecule has 0 aliphatic heterocycles. The molecule has 1 unspecified atom stereocenters. The van der Waals surface area contributed by atoms with E-state index < -0.39 is 11.7 Å². The molecule has 2 aromatic carbocycles. The third-order valence-corrected chi connectivity index (χ3v) is 8.13. The summed E-state index contributed by atoms with van der Waals surface area (Å²) in [4.78, 5) is 25.8. The van der Waals surface area contributed by atoms with Gasteiger partial charge in [0.25, 0.3) is 0 Å². The largest absolute Gasteiger partial charge is 0.507 e. The molecule has 6 nitrogen and oxygen atoms in total. The number of rotatable bonds is 11. The zero-order valence-electron chi connectivity index (χ0n) is 21.6. The van der Waals surface area contributed by atoms with Crippen LogP contribution in [0.15, 0.2) is 69.9 Å². The predicted octanol–water partition coefficient (Wildman–Crippen LogP) is 7.32. The van der Waals surface area contributed by atoms with Crippen molar-refractivity contribution in [3.05, 3.63) is 93.5 Å². The van der Waals surface area contributed by atoms with Crippen LogP contribution in [0, 0.1) is 17.8 Å². The first kappa shape index (κ1) is 24.8. The van der Waals surface area contributed by atoms with Crippen LogP contribution in [0.2, 0.25) is 0 Å². The first-order valence-electron chi connectivity index (χ1n) is 14.0. The maximum Gasteiger partial charge on any atom is 0.411 e. The Kier molecular flexibility index (Phi) is 6.96. The van der Waals surface area contributed by atoms with Gasteiger partial charge >= 0.3 is 11.7 Å². The van der Waals surface area contributed by atoms with Crippen LogP contribution in [-0.4, -0.2) is 11.2 Å². The third-order valence-electron chi connectivity index (χ3n) is 8.13. The zero-order chi connectivity index (χ0) is 26.1. The predicted molar refractivity (Wildman–Crippen MR) is 145 cm³/mol. The lowest BCUT2D eigenvalue weighted by molar-refractivity contribution is 0.155. The van der Waals surface area contributed by atoms with Crippen molar-refractivity contribution in [1.29, 1.82) is 0 Å². The van der Waals surface area contributed by atoms with Crippen LogP contribution < -0.4 is 10.9 Å². The van der Waals surface area contributed by atoms with Gasteiger partial charge in [0, 0.05) is 23.6 Å². The van der Waals surface area contributed by atoms with E-state index in [0.717, 1.165) is 48.6 Å². The zero-order valence-corrected chi connectivity index (χ0v) is 21.6. The van der Waals surface area contributed by atoms with E-state index in [2.05, 4.69) is 5.32 Å². The molecule has 0 radical (unpaired) electrons. The first-order chi connectivity index (χ1) is 18.5. The van der Waals surface area contributed by atoms with Crippen molar-refractivity contribution >= 4 is 11.8 Å². The lowest BCUT2D eigenvalue weighted by Crippen LogP contribution is -2.18. The molecule has 2 N–H and O–H groups in total. The molecule has 3 aliphatic carbocycles. The number of anilines is 1. The minimum Gasteiger partial charge on any atom is -0.507 e. The van der Waals surface area contributed by atoms with Crippen molar-refractivity contribution < 1.29 is 19.1 Å². The minimum absolute atomic E-state index is 0.0328. The number of aromatic hydroxyl groups is 1. The van der Waals surface area contributed by atoms with E-state index in [9.17, 15) is 14.7 Å². The molecule has 1 amide bonds. The van der Waals surface area contributed by atoms with Crippen molar-refractivity contribution in [2.45, 2.75) is 69.8 Å². The lowest BCUT2D eigenvalue weighted by atomic mass is 9.86. The number of benzene rings is 2. The molecule has 0 bridgehead atoms. The molecule has 0 saturated heterocycles. The summed E-state index contributed by atoms with van der Waals surface area (Å²) < 4.78 is 11.3. The topological polar surface area (TPSA) is 88.8 Å². The van der Waals surface area contributed by atoms with Gasteiger partial charge in [-0.3, -0.25) is 5.32 Å². The molecule has 6 rings (SSSR count). The average molecular weight is 514 g/mol. The number of hydrogen-bond donors (Lipinski definition) is 2. The van der Waals surface area contributed by atoms with Crippen molar-refractivity contribution in [2.24, 2.45) is 17.8 Å². The Balaban J connectivity index is 1.21. The van der Waals surface area contributed by atoms with Crippen LogP contribution >= 0.6 is 0 Å². The standard InChI is InChI=1S/C32H35NO5/c34-27-18-28(25(15-20-9-10-20)16-21-11-12-21)38-31(35)30(27)29(23-13-14-23)24-7-4-8-26(17-24)33-32(36)37-19-22-5-2-1-3-6-22/h1-8,17-18,20-21,23,25,29,34H,9-16,19H2,(H,33,36). The molecule has 1 heterocycles. The van der Waals surface area contributed by atoms with E-state index in [4.69, 9.17) is 9.15 Å². The van der Waals surface area contributed by atoms with Crippen LogP contribution in [0.4, 0.5) is 10.5 Å². The van der Waals surface area contributed by atoms with Gasteiger partial charge in [0.05, 0.1) is 5.56 Å². The highest BCUT2D eigenvalue weighted by Gasteiger charge is 2.39. The second-order valence-corrected chi connectivity index (χ2v) is 11.4. The monoisotopic (exact) mass is 513 g/mol. The molecule has 0 spiro atoms. The Bertz CT molecular complexity index is 1320. The Labute approximate surface area is 223 Å². The molecule has 198 valence electrons. The highest BCUT2D eigenvalue weighted by molar-refractivity contribution is 5.84. The smallest absolute Gasteiger partial charge is 0.411 e.